The summed E-state index contributed by atoms with van der Waals surface area (Å²) in [6.07, 6.45) is 0. The molecule has 124 valence electrons. The third-order valence-corrected chi connectivity index (χ3v) is 3.57. The zero-order valence-electron chi connectivity index (χ0n) is 13.2. The number of nitrogens with one attached hydrogen (secondary N) is 1. The molecule has 0 bridgehead atoms. The van der Waals surface area contributed by atoms with Crippen molar-refractivity contribution in [1.82, 2.24) is 20.0 Å². The Bertz CT molecular complexity index is 741. The van der Waals surface area contributed by atoms with Crippen LogP contribution in [0.4, 0.5) is 0 Å². The SMILES string of the molecule is CC(C)NC(=O)CN(C)Cn1nc(-c2ccccc2Cl)oc1=S. The number of benzene rings is 1. The number of amides is 1. The van der Waals surface area contributed by atoms with Crippen molar-refractivity contribution in [2.75, 3.05) is 13.6 Å². The molecule has 0 atom stereocenters. The molecule has 2 rings (SSSR count). The molecule has 0 aliphatic rings. The van der Waals surface area contributed by atoms with Gasteiger partial charge in [0, 0.05) is 6.04 Å². The first-order valence-corrected chi connectivity index (χ1v) is 7.96. The molecule has 6 nitrogen and oxygen atoms in total. The molecule has 1 amide bonds. The second-order valence-corrected chi connectivity index (χ2v) is 6.29. The van der Waals surface area contributed by atoms with Crippen LogP contribution in [0.15, 0.2) is 28.7 Å². The van der Waals surface area contributed by atoms with Crippen molar-refractivity contribution < 1.29 is 9.21 Å². The standard InChI is InChI=1S/C15H19ClN4O2S/c1-10(2)17-13(21)8-19(3)9-20-15(23)22-14(18-20)11-6-4-5-7-12(11)16/h4-7,10H,8-9H2,1-3H3,(H,17,21). The number of hydrogen-bond acceptors (Lipinski definition) is 5. The van der Waals surface area contributed by atoms with Gasteiger partial charge in [0.2, 0.25) is 11.8 Å². The molecule has 0 unspecified atom stereocenters. The van der Waals surface area contributed by atoms with Crippen molar-refractivity contribution >= 4 is 29.7 Å². The van der Waals surface area contributed by atoms with E-state index in [-0.39, 0.29) is 23.3 Å². The molecule has 1 aromatic heterocycles. The van der Waals surface area contributed by atoms with E-state index in [0.717, 1.165) is 0 Å². The molecule has 23 heavy (non-hydrogen) atoms. The molecular formula is C15H19ClN4O2S. The molecule has 0 aliphatic carbocycles. The summed E-state index contributed by atoms with van der Waals surface area (Å²) in [4.78, 5) is 13.8. The first-order chi connectivity index (χ1) is 10.9. The van der Waals surface area contributed by atoms with E-state index in [9.17, 15) is 4.79 Å². The first kappa shape index (κ1) is 17.7. The lowest BCUT2D eigenvalue weighted by atomic mass is 10.2. The Morgan fingerprint density at radius 3 is 2.83 bits per heavy atom. The van der Waals surface area contributed by atoms with E-state index in [0.29, 0.717) is 23.1 Å². The van der Waals surface area contributed by atoms with Crippen LogP contribution >= 0.6 is 23.8 Å². The molecule has 0 spiro atoms. The van der Waals surface area contributed by atoms with Gasteiger partial charge in [-0.05, 0) is 45.2 Å². The number of aromatic nitrogens is 2. The van der Waals surface area contributed by atoms with Crippen LogP contribution < -0.4 is 5.32 Å². The van der Waals surface area contributed by atoms with Crippen LogP contribution in [0.25, 0.3) is 11.5 Å². The van der Waals surface area contributed by atoms with E-state index < -0.39 is 0 Å². The van der Waals surface area contributed by atoms with E-state index in [2.05, 4.69) is 10.4 Å². The minimum atomic E-state index is -0.0520. The van der Waals surface area contributed by atoms with Crippen molar-refractivity contribution in [3.05, 3.63) is 34.1 Å². The Morgan fingerprint density at radius 1 is 1.48 bits per heavy atom. The van der Waals surface area contributed by atoms with Gasteiger partial charge in [-0.15, -0.1) is 5.10 Å². The summed E-state index contributed by atoms with van der Waals surface area (Å²) in [7, 11) is 1.81. The highest BCUT2D eigenvalue weighted by atomic mass is 35.5. The van der Waals surface area contributed by atoms with Crippen molar-refractivity contribution in [3.8, 4) is 11.5 Å². The fraction of sp³-hybridized carbons (Fsp3) is 0.400. The van der Waals surface area contributed by atoms with E-state index in [4.69, 9.17) is 28.2 Å². The Labute approximate surface area is 145 Å². The minimum absolute atomic E-state index is 0.0520. The zero-order chi connectivity index (χ0) is 17.0. The monoisotopic (exact) mass is 354 g/mol. The highest BCUT2D eigenvalue weighted by molar-refractivity contribution is 7.71. The molecule has 0 fully saturated rings. The minimum Gasteiger partial charge on any atom is -0.409 e. The van der Waals surface area contributed by atoms with Gasteiger partial charge in [-0.1, -0.05) is 23.7 Å². The van der Waals surface area contributed by atoms with Crippen molar-refractivity contribution in [2.45, 2.75) is 26.6 Å². The Balaban J connectivity index is 2.09. The number of hydrogen-bond donors (Lipinski definition) is 1. The van der Waals surface area contributed by atoms with Crippen molar-refractivity contribution in [3.63, 3.8) is 0 Å². The molecule has 0 saturated heterocycles. The molecule has 2 aromatic rings. The van der Waals surface area contributed by atoms with Crippen LogP contribution in [0.1, 0.15) is 13.8 Å². The maximum absolute atomic E-state index is 11.8. The van der Waals surface area contributed by atoms with Crippen molar-refractivity contribution in [2.24, 2.45) is 0 Å². The second-order valence-electron chi connectivity index (χ2n) is 5.53. The molecule has 1 N–H and O–H groups in total. The van der Waals surface area contributed by atoms with Gasteiger partial charge < -0.3 is 9.73 Å². The lowest BCUT2D eigenvalue weighted by molar-refractivity contribution is -0.122. The fourth-order valence-electron chi connectivity index (χ4n) is 2.03. The van der Waals surface area contributed by atoms with Gasteiger partial charge in [-0.3, -0.25) is 9.69 Å². The van der Waals surface area contributed by atoms with Crippen LogP contribution in [0, 0.1) is 4.84 Å². The predicted octanol–water partition coefficient (Wildman–Crippen LogP) is 2.94. The van der Waals surface area contributed by atoms with Crippen LogP contribution in [0.2, 0.25) is 5.02 Å². The normalized spacial score (nSPS) is 11.2. The molecule has 0 aliphatic heterocycles. The smallest absolute Gasteiger partial charge is 0.288 e. The number of carbonyl (C=O) groups is 1. The molecule has 0 saturated carbocycles. The van der Waals surface area contributed by atoms with Gasteiger partial charge in [0.25, 0.3) is 4.84 Å². The Kier molecular flexibility index (Phi) is 5.92. The van der Waals surface area contributed by atoms with E-state index in [1.807, 2.05) is 39.1 Å². The van der Waals surface area contributed by atoms with Gasteiger partial charge in [0.05, 0.1) is 23.8 Å². The number of likely N-dealkylation sites (N-methyl/N-ethyl adjacent to an activating group) is 1. The summed E-state index contributed by atoms with van der Waals surface area (Å²) in [6, 6.07) is 7.36. The highest BCUT2D eigenvalue weighted by Crippen LogP contribution is 2.26. The zero-order valence-corrected chi connectivity index (χ0v) is 14.8. The number of rotatable bonds is 6. The maximum Gasteiger partial charge on any atom is 0.288 e. The summed E-state index contributed by atoms with van der Waals surface area (Å²) in [5.74, 6) is 0.310. The largest absolute Gasteiger partial charge is 0.409 e. The summed E-state index contributed by atoms with van der Waals surface area (Å²) in [5.41, 5.74) is 0.680. The van der Waals surface area contributed by atoms with Crippen LogP contribution in [-0.4, -0.2) is 40.2 Å². The molecule has 1 aromatic carbocycles. The summed E-state index contributed by atoms with van der Waals surface area (Å²) in [5, 5.41) is 7.71. The molecular weight excluding hydrogens is 336 g/mol. The molecule has 0 radical (unpaired) electrons. The quantitative estimate of drug-likeness (QED) is 0.808. The van der Waals surface area contributed by atoms with Gasteiger partial charge in [0.15, 0.2) is 0 Å². The molecule has 8 heteroatoms. The van der Waals surface area contributed by atoms with Crippen LogP contribution in [0.5, 0.6) is 0 Å². The van der Waals surface area contributed by atoms with Crippen LogP contribution in [-0.2, 0) is 11.5 Å². The van der Waals surface area contributed by atoms with Crippen molar-refractivity contribution in [1.29, 1.82) is 0 Å². The second kappa shape index (κ2) is 7.72. The lowest BCUT2D eigenvalue weighted by Crippen LogP contribution is -2.39. The van der Waals surface area contributed by atoms with Gasteiger partial charge in [-0.25, -0.2) is 4.68 Å². The van der Waals surface area contributed by atoms with E-state index in [1.54, 1.807) is 11.0 Å². The average molecular weight is 355 g/mol. The number of halogens is 1. The van der Waals surface area contributed by atoms with Crippen LogP contribution in [0.3, 0.4) is 0 Å². The van der Waals surface area contributed by atoms with Gasteiger partial charge >= 0.3 is 0 Å². The summed E-state index contributed by atoms with van der Waals surface area (Å²) >= 11 is 11.3. The number of nitrogens with zero attached hydrogens (tertiary/aromatic N) is 3. The third kappa shape index (κ3) is 4.89. The molecule has 1 heterocycles. The highest BCUT2D eigenvalue weighted by Gasteiger charge is 2.14. The summed E-state index contributed by atoms with van der Waals surface area (Å²) in [6.45, 7) is 4.43. The van der Waals surface area contributed by atoms with Gasteiger partial charge in [0.1, 0.15) is 0 Å². The topological polar surface area (TPSA) is 63.3 Å². The first-order valence-electron chi connectivity index (χ1n) is 7.17. The average Bonchev–Trinajstić information content (AvgIpc) is 2.79. The maximum atomic E-state index is 11.8. The lowest BCUT2D eigenvalue weighted by Gasteiger charge is -2.16. The predicted molar refractivity (Wildman–Crippen MR) is 91.7 cm³/mol. The number of carbonyl (C=O) groups excluding carboxylic acids is 1. The van der Waals surface area contributed by atoms with E-state index >= 15 is 0 Å². The Morgan fingerprint density at radius 2 is 2.17 bits per heavy atom. The fourth-order valence-corrected chi connectivity index (χ4v) is 2.42. The third-order valence-electron chi connectivity index (χ3n) is 2.95. The Hall–Kier alpha value is -1.70. The van der Waals surface area contributed by atoms with E-state index in [1.165, 1.54) is 4.68 Å². The van der Waals surface area contributed by atoms with Gasteiger partial charge in [-0.2, -0.15) is 0 Å². The summed E-state index contributed by atoms with van der Waals surface area (Å²) < 4.78 is 7.03.